The summed E-state index contributed by atoms with van der Waals surface area (Å²) in [7, 11) is 1.61. The standard InChI is InChI=1S/C7H13O4/c1-9-4-5-11-7-6-10-3-2-8/h3-7H2,1H3. The van der Waals surface area contributed by atoms with Crippen LogP contribution in [0.4, 0.5) is 0 Å². The number of rotatable bonds is 8. The molecule has 0 aliphatic rings. The lowest BCUT2D eigenvalue weighted by atomic mass is 10.7. The first-order valence-corrected chi connectivity index (χ1v) is 3.41. The molecule has 0 unspecified atom stereocenters. The highest BCUT2D eigenvalue weighted by Gasteiger charge is 1.88. The Morgan fingerprint density at radius 1 is 1.09 bits per heavy atom. The maximum Gasteiger partial charge on any atom is 0.226 e. The molecule has 0 spiro atoms. The summed E-state index contributed by atoms with van der Waals surface area (Å²) in [5.41, 5.74) is 0. The molecule has 0 saturated heterocycles. The molecule has 0 saturated carbocycles. The molecule has 1 radical (unpaired) electrons. The molecule has 0 aliphatic carbocycles. The number of hydrogen-bond acceptors (Lipinski definition) is 4. The van der Waals surface area contributed by atoms with E-state index in [0.29, 0.717) is 26.4 Å². The predicted molar refractivity (Wildman–Crippen MR) is 39.2 cm³/mol. The zero-order valence-corrected chi connectivity index (χ0v) is 6.67. The first-order valence-electron chi connectivity index (χ1n) is 3.41. The molecular formula is C7H13O4. The van der Waals surface area contributed by atoms with Gasteiger partial charge in [0.1, 0.15) is 6.61 Å². The fourth-order valence-corrected chi connectivity index (χ4v) is 0.476. The van der Waals surface area contributed by atoms with Crippen LogP contribution in [0.1, 0.15) is 0 Å². The molecule has 0 aliphatic heterocycles. The van der Waals surface area contributed by atoms with Gasteiger partial charge in [-0.1, -0.05) is 0 Å². The summed E-state index contributed by atoms with van der Waals surface area (Å²) in [6.45, 7) is 2.09. The third kappa shape index (κ3) is 9.55. The third-order valence-corrected chi connectivity index (χ3v) is 0.965. The topological polar surface area (TPSA) is 44.8 Å². The lowest BCUT2D eigenvalue weighted by Gasteiger charge is -2.01. The number of methoxy groups -OCH3 is 1. The summed E-state index contributed by atoms with van der Waals surface area (Å²) in [4.78, 5) is 9.63. The van der Waals surface area contributed by atoms with Crippen molar-refractivity contribution in [1.29, 1.82) is 0 Å². The molecule has 0 atom stereocenters. The van der Waals surface area contributed by atoms with Gasteiger partial charge in [0.15, 0.2) is 0 Å². The van der Waals surface area contributed by atoms with E-state index in [0.717, 1.165) is 0 Å². The summed E-state index contributed by atoms with van der Waals surface area (Å²) in [5.74, 6) is 0. The average Bonchev–Trinajstić information content (AvgIpc) is 2.03. The average molecular weight is 161 g/mol. The molecule has 0 aromatic heterocycles. The SMILES string of the molecule is COCCOCCOC[C]=O. The lowest BCUT2D eigenvalue weighted by molar-refractivity contribution is 0.0332. The molecule has 4 nitrogen and oxygen atoms in total. The van der Waals surface area contributed by atoms with Crippen molar-refractivity contribution in [1.82, 2.24) is 0 Å². The summed E-state index contributed by atoms with van der Waals surface area (Å²) in [5, 5.41) is 0. The van der Waals surface area contributed by atoms with E-state index in [1.165, 1.54) is 0 Å². The molecule has 0 aromatic rings. The van der Waals surface area contributed by atoms with Gasteiger partial charge in [0.25, 0.3) is 0 Å². The van der Waals surface area contributed by atoms with Crippen molar-refractivity contribution in [3.63, 3.8) is 0 Å². The first-order chi connectivity index (χ1) is 5.41. The van der Waals surface area contributed by atoms with Crippen molar-refractivity contribution < 1.29 is 19.0 Å². The second-order valence-corrected chi connectivity index (χ2v) is 1.80. The predicted octanol–water partition coefficient (Wildman–Crippen LogP) is -0.224. The first kappa shape index (κ1) is 10.6. The smallest absolute Gasteiger partial charge is 0.226 e. The summed E-state index contributed by atoms with van der Waals surface area (Å²) >= 11 is 0. The Morgan fingerprint density at radius 2 is 1.73 bits per heavy atom. The van der Waals surface area contributed by atoms with Gasteiger partial charge in [0, 0.05) is 7.11 Å². The van der Waals surface area contributed by atoms with Crippen molar-refractivity contribution in [2.24, 2.45) is 0 Å². The summed E-state index contributed by atoms with van der Waals surface area (Å²) < 4.78 is 14.6. The van der Waals surface area contributed by atoms with Crippen LogP contribution in [0.3, 0.4) is 0 Å². The van der Waals surface area contributed by atoms with Crippen LogP contribution in [0.2, 0.25) is 0 Å². The van der Waals surface area contributed by atoms with Crippen molar-refractivity contribution in [3.05, 3.63) is 0 Å². The maximum atomic E-state index is 9.63. The van der Waals surface area contributed by atoms with E-state index < -0.39 is 0 Å². The Bertz CT molecular complexity index is 84.5. The molecule has 0 fully saturated rings. The molecule has 0 bridgehead atoms. The van der Waals surface area contributed by atoms with Crippen LogP contribution in [0, 0.1) is 0 Å². The summed E-state index contributed by atoms with van der Waals surface area (Å²) in [6, 6.07) is 0. The van der Waals surface area contributed by atoms with Crippen LogP contribution in [-0.2, 0) is 19.0 Å². The van der Waals surface area contributed by atoms with E-state index in [1.54, 1.807) is 13.4 Å². The molecule has 0 rings (SSSR count). The van der Waals surface area contributed by atoms with Crippen LogP contribution in [-0.4, -0.2) is 46.4 Å². The van der Waals surface area contributed by atoms with Gasteiger partial charge < -0.3 is 14.2 Å². The van der Waals surface area contributed by atoms with Gasteiger partial charge in [0.05, 0.1) is 26.4 Å². The Hall–Kier alpha value is -0.450. The number of ether oxygens (including phenoxy) is 3. The Kier molecular flexibility index (Phi) is 9.16. The van der Waals surface area contributed by atoms with Gasteiger partial charge in [0.2, 0.25) is 6.29 Å². The minimum Gasteiger partial charge on any atom is -0.382 e. The van der Waals surface area contributed by atoms with Crippen molar-refractivity contribution in [2.75, 3.05) is 40.1 Å². The Balaban J connectivity index is 2.74. The highest BCUT2D eigenvalue weighted by molar-refractivity contribution is 5.51. The molecule has 0 aromatic carbocycles. The largest absolute Gasteiger partial charge is 0.382 e. The van der Waals surface area contributed by atoms with Gasteiger partial charge in [-0.15, -0.1) is 0 Å². The fraction of sp³-hybridized carbons (Fsp3) is 0.857. The van der Waals surface area contributed by atoms with Crippen LogP contribution in [0.25, 0.3) is 0 Å². The Morgan fingerprint density at radius 3 is 2.36 bits per heavy atom. The maximum absolute atomic E-state index is 9.63. The third-order valence-electron chi connectivity index (χ3n) is 0.965. The Labute approximate surface area is 66.4 Å². The lowest BCUT2D eigenvalue weighted by Crippen LogP contribution is -2.08. The van der Waals surface area contributed by atoms with E-state index in [4.69, 9.17) is 14.2 Å². The fourth-order valence-electron chi connectivity index (χ4n) is 0.476. The summed E-state index contributed by atoms with van der Waals surface area (Å²) in [6.07, 6.45) is 1.62. The van der Waals surface area contributed by atoms with E-state index in [1.807, 2.05) is 0 Å². The molecule has 11 heavy (non-hydrogen) atoms. The minimum absolute atomic E-state index is 0.0215. The highest BCUT2D eigenvalue weighted by atomic mass is 16.5. The molecular weight excluding hydrogens is 148 g/mol. The van der Waals surface area contributed by atoms with Gasteiger partial charge in [-0.05, 0) is 0 Å². The molecule has 0 N–H and O–H groups in total. The molecule has 65 valence electrons. The van der Waals surface area contributed by atoms with E-state index in [-0.39, 0.29) is 6.61 Å². The van der Waals surface area contributed by atoms with Crippen LogP contribution in [0.15, 0.2) is 0 Å². The van der Waals surface area contributed by atoms with Crippen LogP contribution >= 0.6 is 0 Å². The van der Waals surface area contributed by atoms with E-state index in [2.05, 4.69) is 0 Å². The van der Waals surface area contributed by atoms with Crippen LogP contribution < -0.4 is 0 Å². The second kappa shape index (κ2) is 9.55. The van der Waals surface area contributed by atoms with Gasteiger partial charge in [-0.3, -0.25) is 4.79 Å². The van der Waals surface area contributed by atoms with E-state index in [9.17, 15) is 4.79 Å². The zero-order chi connectivity index (χ0) is 8.36. The minimum atomic E-state index is 0.0215. The van der Waals surface area contributed by atoms with Crippen LogP contribution in [0.5, 0.6) is 0 Å². The van der Waals surface area contributed by atoms with Gasteiger partial charge in [-0.2, -0.15) is 0 Å². The van der Waals surface area contributed by atoms with Gasteiger partial charge in [-0.25, -0.2) is 0 Å². The monoisotopic (exact) mass is 161 g/mol. The quantitative estimate of drug-likeness (QED) is 0.461. The van der Waals surface area contributed by atoms with Crippen molar-refractivity contribution >= 4 is 6.29 Å². The van der Waals surface area contributed by atoms with Gasteiger partial charge >= 0.3 is 0 Å². The number of carbonyl (C=O) groups excluding carboxylic acids is 1. The molecule has 4 heteroatoms. The second-order valence-electron chi connectivity index (χ2n) is 1.80. The zero-order valence-electron chi connectivity index (χ0n) is 6.67. The molecule has 0 amide bonds. The normalized spacial score (nSPS) is 9.91. The van der Waals surface area contributed by atoms with Crippen molar-refractivity contribution in [3.8, 4) is 0 Å². The highest BCUT2D eigenvalue weighted by Crippen LogP contribution is 1.77. The van der Waals surface area contributed by atoms with E-state index >= 15 is 0 Å². The van der Waals surface area contributed by atoms with Crippen molar-refractivity contribution in [2.45, 2.75) is 0 Å². The number of hydrogen-bond donors (Lipinski definition) is 0. The molecule has 0 heterocycles.